The first-order chi connectivity index (χ1) is 61.3. The lowest BCUT2D eigenvalue weighted by atomic mass is 9.75. The Kier molecular flexibility index (Phi) is 36.5. The predicted octanol–water partition coefficient (Wildman–Crippen LogP) is 34.4. The number of benzene rings is 2. The van der Waals surface area contributed by atoms with Crippen molar-refractivity contribution in [2.24, 2.45) is 166 Å². The Labute approximate surface area is 808 Å². The first-order valence-electron chi connectivity index (χ1n) is 54.5. The van der Waals surface area contributed by atoms with Gasteiger partial charge >= 0.3 is 0 Å². The molecule has 0 amide bonds. The maximum atomic E-state index is 5.62. The van der Waals surface area contributed by atoms with E-state index in [1.54, 1.807) is 33.9 Å². The molecule has 2 aromatic carbocycles. The highest BCUT2D eigenvalue weighted by molar-refractivity contribution is 6.80. The van der Waals surface area contributed by atoms with E-state index in [-0.39, 0.29) is 0 Å². The molecule has 9 heteroatoms. The SMILES string of the molecule is CC1CC(C[Si](C)(C)C)C2C(c3ccccc3)=CC=CC12.CC1CC(C[Si](C)(C)C)C2C=C3CCCC3=CC12.CC1CC(C[Si](C)(C)C)C2C=C3CCCCC3=CC12.CC1CC(C[Si](C)(C)C)C2C=c3ccccc3=CC12.CC[Si](CC)(CC)CC1CC(C)C2C=CC=CC12.COC1=CC=CC2C(C)CC(C[Si](C)(C)C)C12.COCC1=CC=CC2C(C)CC(C[Si](C)(C)C)C12. The fourth-order valence-electron chi connectivity index (χ4n) is 30.5. The van der Waals surface area contributed by atoms with Crippen LogP contribution in [0.4, 0.5) is 0 Å². The highest BCUT2D eigenvalue weighted by Gasteiger charge is 2.51. The molecule has 0 N–H and O–H groups in total. The summed E-state index contributed by atoms with van der Waals surface area (Å²) in [6.07, 6.45) is 66.2. The molecule has 0 heterocycles. The van der Waals surface area contributed by atoms with Gasteiger partial charge in [-0.1, -0.05) is 411 Å². The van der Waals surface area contributed by atoms with Crippen molar-refractivity contribution in [3.63, 3.8) is 0 Å². The molecule has 18 rings (SSSR count). The number of hydrogen-bond donors (Lipinski definition) is 0. The third kappa shape index (κ3) is 27.5. The molecule has 9 fully saturated rings. The van der Waals surface area contributed by atoms with Crippen LogP contribution in [0.5, 0.6) is 0 Å². The molecule has 9 saturated carbocycles. The highest BCUT2D eigenvalue weighted by atomic mass is 28.3. The Bertz CT molecular complexity index is 4530. The van der Waals surface area contributed by atoms with E-state index in [0.717, 1.165) is 166 Å². The van der Waals surface area contributed by atoms with Crippen molar-refractivity contribution < 1.29 is 9.47 Å². The quantitative estimate of drug-likeness (QED) is 0.116. The Hall–Kier alpha value is -3.66. The molecule has 0 saturated heterocycles. The standard InChI is InChI=1S/C20H28Si.C18H30Si.C18H26Si.C17H28Si.C17H30Si.C16H28OSi.C15H26OSi/c1-15-13-17(14-21(2,3)4)20-18(15)11-8-12-19(20)16-9-6-5-7-10-16;2*1-13-9-16(12-19(2,3)4)18-11-15-8-6-5-7-14(15)10-17(13)18;1-12-8-15(11-18(2,3)4)17-10-14-7-5-6-13(14)9-16(12)17;1-5-18(6-2,7-3)13-15-12-14(4)16-10-8-9-11-17(15)16;1-12-9-14(11-18(3,4)5)16-13(10-17-2)7-6-8-15(12)16;1-11-9-12(10-17(3,4)5)15-13(11)7-6-8-14(15)16-2/h5-12,15,17-18,20H,13-14H2,1-4H3;10-11,13,16-18H,5-9,12H2,1-4H3;5-8,10-11,13,16-18H,9,12H2,1-4H3;9-10,12,15-17H,5-8,11H2,1-4H3;8-11,14-17H,5-7,12-13H2,1-4H3;6-8,12,14-16H,9-11H2,1-5H3;6-8,11-13,15H,9-10H2,1-5H3. The molecule has 28 unspecified atom stereocenters. The average Bonchev–Trinajstić information content (AvgIpc) is 1.65. The summed E-state index contributed by atoms with van der Waals surface area (Å²) in [5.74, 6) is 25.1. The fraction of sp³-hybridized carbons (Fsp3) is 0.686. The van der Waals surface area contributed by atoms with Crippen molar-refractivity contribution in [3.05, 3.63) is 208 Å². The van der Waals surface area contributed by atoms with Crippen LogP contribution in [-0.2, 0) is 9.47 Å². The molecule has 130 heavy (non-hydrogen) atoms. The van der Waals surface area contributed by atoms with Crippen molar-refractivity contribution in [2.45, 2.75) is 337 Å². The summed E-state index contributed by atoms with van der Waals surface area (Å²) in [5.41, 5.74) is 11.5. The summed E-state index contributed by atoms with van der Waals surface area (Å²) in [5, 5.41) is 2.93. The van der Waals surface area contributed by atoms with Crippen molar-refractivity contribution >= 4 is 74.2 Å². The van der Waals surface area contributed by atoms with Crippen molar-refractivity contribution in [1.29, 1.82) is 0 Å². The summed E-state index contributed by atoms with van der Waals surface area (Å²) in [4.78, 5) is 0. The van der Waals surface area contributed by atoms with E-state index in [2.05, 4.69) is 357 Å². The largest absolute Gasteiger partial charge is 0.501 e. The van der Waals surface area contributed by atoms with E-state index in [1.165, 1.54) is 172 Å². The monoisotopic (exact) mass is 1880 g/mol. The summed E-state index contributed by atoms with van der Waals surface area (Å²) in [6.45, 7) is 70.7. The maximum Gasteiger partial charge on any atom is 0.0994 e. The molecule has 2 nitrogen and oxygen atoms in total. The van der Waals surface area contributed by atoms with E-state index in [0.29, 0.717) is 5.92 Å². The molecule has 16 aliphatic carbocycles. The molecule has 28 atom stereocenters. The maximum absolute atomic E-state index is 5.62. The minimum absolute atomic E-state index is 0.659. The predicted molar refractivity (Wildman–Crippen MR) is 595 cm³/mol. The summed E-state index contributed by atoms with van der Waals surface area (Å²) >= 11 is 0. The zero-order valence-electron chi connectivity index (χ0n) is 89.3. The van der Waals surface area contributed by atoms with E-state index in [4.69, 9.17) is 9.47 Å². The minimum atomic E-state index is -1.01. The lowest BCUT2D eigenvalue weighted by molar-refractivity contribution is 0.201. The number of ether oxygens (including phenoxy) is 2. The number of rotatable bonds is 21. The van der Waals surface area contributed by atoms with Crippen molar-refractivity contribution in [3.8, 4) is 0 Å². The molecule has 720 valence electrons. The van der Waals surface area contributed by atoms with Gasteiger partial charge in [-0.25, -0.2) is 0 Å². The van der Waals surface area contributed by atoms with Crippen LogP contribution in [0.25, 0.3) is 17.7 Å². The van der Waals surface area contributed by atoms with E-state index in [9.17, 15) is 0 Å². The normalized spacial score (nSPS) is 35.5. The molecular formula is C121H196O2Si7. The molecule has 0 spiro atoms. The Morgan fingerprint density at radius 3 is 1.04 bits per heavy atom. The van der Waals surface area contributed by atoms with Gasteiger partial charge in [0.15, 0.2) is 0 Å². The van der Waals surface area contributed by atoms with Gasteiger partial charge in [-0.2, -0.15) is 0 Å². The number of methoxy groups -OCH3 is 2. The number of allylic oxidation sites excluding steroid dienone is 23. The fourth-order valence-corrected chi connectivity index (χ4v) is 46.4. The Morgan fingerprint density at radius 1 is 0.292 bits per heavy atom. The van der Waals surface area contributed by atoms with Gasteiger partial charge < -0.3 is 9.47 Å². The Balaban J connectivity index is 0.000000137. The van der Waals surface area contributed by atoms with E-state index < -0.39 is 56.5 Å². The van der Waals surface area contributed by atoms with Gasteiger partial charge in [0.25, 0.3) is 0 Å². The molecular weight excluding hydrogens is 1680 g/mol. The van der Waals surface area contributed by atoms with Crippen LogP contribution < -0.4 is 10.4 Å². The van der Waals surface area contributed by atoms with Crippen LogP contribution in [0.2, 0.25) is 178 Å². The van der Waals surface area contributed by atoms with Gasteiger partial charge in [0.2, 0.25) is 0 Å². The summed E-state index contributed by atoms with van der Waals surface area (Å²) in [6, 6.07) is 34.9. The van der Waals surface area contributed by atoms with Crippen LogP contribution >= 0.6 is 0 Å². The van der Waals surface area contributed by atoms with Crippen LogP contribution in [0.3, 0.4) is 0 Å². The van der Waals surface area contributed by atoms with E-state index in [1.807, 2.05) is 14.2 Å². The molecule has 2 aromatic rings. The lowest BCUT2D eigenvalue weighted by Gasteiger charge is -2.33. The summed E-state index contributed by atoms with van der Waals surface area (Å²) < 4.78 is 11.0. The number of fused-ring (bicyclic) bond motifs is 10. The topological polar surface area (TPSA) is 18.5 Å². The molecule has 0 aromatic heterocycles. The average molecular weight is 1880 g/mol. The van der Waals surface area contributed by atoms with Crippen LogP contribution in [0, 0.1) is 166 Å². The first kappa shape index (κ1) is 105. The third-order valence-corrected chi connectivity index (χ3v) is 52.2. The van der Waals surface area contributed by atoms with Gasteiger partial charge in [-0.3, -0.25) is 0 Å². The highest BCUT2D eigenvalue weighted by Crippen LogP contribution is 2.59. The third-order valence-electron chi connectivity index (χ3n) is 35.8. The second-order valence-corrected chi connectivity index (χ2v) is 92.5. The minimum Gasteiger partial charge on any atom is -0.501 e. The van der Waals surface area contributed by atoms with Gasteiger partial charge in [0.1, 0.15) is 0 Å². The summed E-state index contributed by atoms with van der Waals surface area (Å²) in [7, 11) is -3.04. The van der Waals surface area contributed by atoms with Crippen LogP contribution in [0.1, 0.15) is 165 Å². The first-order valence-corrected chi connectivity index (χ1v) is 79.5. The van der Waals surface area contributed by atoms with Crippen molar-refractivity contribution in [2.75, 3.05) is 20.8 Å². The van der Waals surface area contributed by atoms with Gasteiger partial charge in [-0.15, -0.1) is 0 Å². The lowest BCUT2D eigenvalue weighted by Crippen LogP contribution is -2.35. The molecule has 0 aliphatic heterocycles. The molecule has 16 aliphatic rings. The zero-order chi connectivity index (χ0) is 94.3. The molecule has 0 radical (unpaired) electrons. The van der Waals surface area contributed by atoms with Gasteiger partial charge in [0, 0.05) is 61.5 Å². The van der Waals surface area contributed by atoms with E-state index >= 15 is 0 Å². The van der Waals surface area contributed by atoms with Crippen molar-refractivity contribution in [1.82, 2.24) is 0 Å². The number of hydrogen-bond acceptors (Lipinski definition) is 2. The second kappa shape index (κ2) is 45.1. The smallest absolute Gasteiger partial charge is 0.0994 e. The zero-order valence-corrected chi connectivity index (χ0v) is 96.3. The second-order valence-electron chi connectivity index (χ2n) is 53.7. The Morgan fingerprint density at radius 2 is 0.608 bits per heavy atom. The van der Waals surface area contributed by atoms with Crippen LogP contribution in [0.15, 0.2) is 192 Å². The van der Waals surface area contributed by atoms with Gasteiger partial charge in [0.05, 0.1) is 27.5 Å². The van der Waals surface area contributed by atoms with Gasteiger partial charge in [-0.05, 0) is 305 Å². The van der Waals surface area contributed by atoms with Crippen LogP contribution in [-0.4, -0.2) is 77.3 Å². The molecule has 0 bridgehead atoms.